The van der Waals surface area contributed by atoms with Crippen LogP contribution in [-0.2, 0) is 9.53 Å². The Morgan fingerprint density at radius 2 is 1.88 bits per heavy atom. The number of thiophene rings is 1. The van der Waals surface area contributed by atoms with Crippen LogP contribution in [0.25, 0.3) is 0 Å². The summed E-state index contributed by atoms with van der Waals surface area (Å²) in [6.07, 6.45) is 0. The van der Waals surface area contributed by atoms with Gasteiger partial charge < -0.3 is 19.5 Å². The van der Waals surface area contributed by atoms with E-state index < -0.39 is 24.5 Å². The molecule has 0 spiro atoms. The van der Waals surface area contributed by atoms with E-state index in [2.05, 4.69) is 10.6 Å². The minimum Gasteiger partial charge on any atom is -0.486 e. The Morgan fingerprint density at radius 3 is 2.62 bits per heavy atom. The van der Waals surface area contributed by atoms with Crippen LogP contribution in [0.4, 0.5) is 10.5 Å². The SMILES string of the molecule is Cc1ccc(C(=O)OCC(=O)NC(=O)Nc2ccc3c(c2)OCCO3)s1. The van der Waals surface area contributed by atoms with E-state index in [1.165, 1.54) is 11.3 Å². The molecule has 0 fully saturated rings. The summed E-state index contributed by atoms with van der Waals surface area (Å²) in [4.78, 5) is 36.7. The molecule has 0 saturated carbocycles. The van der Waals surface area contributed by atoms with Gasteiger partial charge in [0.25, 0.3) is 5.91 Å². The summed E-state index contributed by atoms with van der Waals surface area (Å²) in [6.45, 7) is 2.20. The first-order valence-electron chi connectivity index (χ1n) is 7.75. The fourth-order valence-corrected chi connectivity index (χ4v) is 2.95. The van der Waals surface area contributed by atoms with Crippen molar-refractivity contribution in [2.24, 2.45) is 0 Å². The van der Waals surface area contributed by atoms with Crippen molar-refractivity contribution >= 4 is 34.9 Å². The summed E-state index contributed by atoms with van der Waals surface area (Å²) in [5.41, 5.74) is 0.436. The fraction of sp³-hybridized carbons (Fsp3) is 0.235. The lowest BCUT2D eigenvalue weighted by molar-refractivity contribution is -0.123. The molecule has 0 aliphatic carbocycles. The summed E-state index contributed by atoms with van der Waals surface area (Å²) >= 11 is 1.27. The normalized spacial score (nSPS) is 12.2. The molecule has 136 valence electrons. The fourth-order valence-electron chi connectivity index (χ4n) is 2.19. The maximum absolute atomic E-state index is 11.9. The molecular weight excluding hydrogens is 360 g/mol. The van der Waals surface area contributed by atoms with Gasteiger partial charge in [0.15, 0.2) is 18.1 Å². The Labute approximate surface area is 153 Å². The molecule has 1 aromatic carbocycles. The molecule has 2 N–H and O–H groups in total. The molecule has 2 heterocycles. The zero-order chi connectivity index (χ0) is 18.5. The van der Waals surface area contributed by atoms with Crippen molar-refractivity contribution in [1.29, 1.82) is 0 Å². The Hall–Kier alpha value is -3.07. The van der Waals surface area contributed by atoms with Gasteiger partial charge in [-0.2, -0.15) is 0 Å². The van der Waals surface area contributed by atoms with Crippen molar-refractivity contribution in [2.75, 3.05) is 25.1 Å². The predicted molar refractivity (Wildman–Crippen MR) is 93.9 cm³/mol. The number of imide groups is 1. The highest BCUT2D eigenvalue weighted by atomic mass is 32.1. The summed E-state index contributed by atoms with van der Waals surface area (Å²) in [7, 11) is 0. The number of aryl methyl sites for hydroxylation is 1. The number of nitrogens with one attached hydrogen (secondary N) is 2. The molecule has 0 atom stereocenters. The van der Waals surface area contributed by atoms with Gasteiger partial charge in [0.1, 0.15) is 18.1 Å². The Balaban J connectivity index is 1.47. The van der Waals surface area contributed by atoms with Gasteiger partial charge in [-0.25, -0.2) is 9.59 Å². The van der Waals surface area contributed by atoms with Gasteiger partial charge >= 0.3 is 12.0 Å². The topological polar surface area (TPSA) is 103 Å². The third-order valence-electron chi connectivity index (χ3n) is 3.33. The first-order chi connectivity index (χ1) is 12.5. The zero-order valence-electron chi connectivity index (χ0n) is 13.9. The average Bonchev–Trinajstić information content (AvgIpc) is 3.06. The van der Waals surface area contributed by atoms with Crippen LogP contribution in [0, 0.1) is 6.92 Å². The lowest BCUT2D eigenvalue weighted by Crippen LogP contribution is -2.37. The van der Waals surface area contributed by atoms with Gasteiger partial charge in [0, 0.05) is 16.6 Å². The summed E-state index contributed by atoms with van der Waals surface area (Å²) in [5, 5.41) is 4.59. The van der Waals surface area contributed by atoms with Crippen molar-refractivity contribution in [1.82, 2.24) is 5.32 Å². The van der Waals surface area contributed by atoms with Crippen LogP contribution in [0.1, 0.15) is 14.5 Å². The van der Waals surface area contributed by atoms with E-state index in [9.17, 15) is 14.4 Å². The van der Waals surface area contributed by atoms with Crippen LogP contribution in [0.3, 0.4) is 0 Å². The number of hydrogen-bond acceptors (Lipinski definition) is 7. The second-order valence-electron chi connectivity index (χ2n) is 5.35. The first kappa shape index (κ1) is 17.7. The van der Waals surface area contributed by atoms with E-state index in [0.717, 1.165) is 4.88 Å². The first-order valence-corrected chi connectivity index (χ1v) is 8.57. The number of rotatable bonds is 4. The molecule has 0 saturated heterocycles. The van der Waals surface area contributed by atoms with Crippen LogP contribution < -0.4 is 20.1 Å². The van der Waals surface area contributed by atoms with Gasteiger partial charge in [-0.3, -0.25) is 10.1 Å². The van der Waals surface area contributed by atoms with Crippen molar-refractivity contribution in [3.8, 4) is 11.5 Å². The van der Waals surface area contributed by atoms with Gasteiger partial charge in [0.05, 0.1) is 0 Å². The molecule has 1 aliphatic heterocycles. The van der Waals surface area contributed by atoms with Crippen molar-refractivity contribution < 1.29 is 28.6 Å². The van der Waals surface area contributed by atoms with E-state index in [1.807, 2.05) is 6.92 Å². The van der Waals surface area contributed by atoms with E-state index >= 15 is 0 Å². The summed E-state index contributed by atoms with van der Waals surface area (Å²) in [6, 6.07) is 7.54. The quantitative estimate of drug-likeness (QED) is 0.794. The van der Waals surface area contributed by atoms with Gasteiger partial charge in [-0.05, 0) is 31.2 Å². The molecule has 0 bridgehead atoms. The van der Waals surface area contributed by atoms with E-state index in [4.69, 9.17) is 14.2 Å². The van der Waals surface area contributed by atoms with E-state index in [1.54, 1.807) is 30.3 Å². The van der Waals surface area contributed by atoms with Crippen LogP contribution in [0.15, 0.2) is 30.3 Å². The lowest BCUT2D eigenvalue weighted by Gasteiger charge is -2.19. The van der Waals surface area contributed by atoms with Crippen LogP contribution >= 0.6 is 11.3 Å². The van der Waals surface area contributed by atoms with Gasteiger partial charge in [-0.15, -0.1) is 11.3 Å². The van der Waals surface area contributed by atoms with E-state index in [-0.39, 0.29) is 0 Å². The molecule has 1 aliphatic rings. The molecule has 3 rings (SSSR count). The smallest absolute Gasteiger partial charge is 0.348 e. The number of anilines is 1. The zero-order valence-corrected chi connectivity index (χ0v) is 14.7. The number of hydrogen-bond donors (Lipinski definition) is 2. The Kier molecular flexibility index (Phi) is 5.37. The number of benzene rings is 1. The number of fused-ring (bicyclic) bond motifs is 1. The molecule has 8 nitrogen and oxygen atoms in total. The van der Waals surface area contributed by atoms with Gasteiger partial charge in [0.2, 0.25) is 0 Å². The molecule has 1 aromatic heterocycles. The number of carbonyl (C=O) groups is 3. The number of amides is 3. The van der Waals surface area contributed by atoms with Crippen LogP contribution in [0.2, 0.25) is 0 Å². The molecule has 0 unspecified atom stereocenters. The van der Waals surface area contributed by atoms with Crippen LogP contribution in [0.5, 0.6) is 11.5 Å². The van der Waals surface area contributed by atoms with Crippen molar-refractivity contribution in [2.45, 2.75) is 6.92 Å². The molecule has 9 heteroatoms. The minimum atomic E-state index is -0.741. The Bertz CT molecular complexity index is 848. The standard InChI is InChI=1S/C17H16N2O6S/c1-10-2-5-14(26-10)16(21)25-9-15(20)19-17(22)18-11-3-4-12-13(8-11)24-7-6-23-12/h2-5,8H,6-7,9H2,1H3,(H2,18,19,20,22). The maximum Gasteiger partial charge on any atom is 0.348 e. The molecular formula is C17H16N2O6S. The van der Waals surface area contributed by atoms with Gasteiger partial charge in [-0.1, -0.05) is 0 Å². The number of esters is 1. The number of ether oxygens (including phenoxy) is 3. The second-order valence-corrected chi connectivity index (χ2v) is 6.64. The van der Waals surface area contributed by atoms with E-state index in [0.29, 0.717) is 35.3 Å². The molecule has 26 heavy (non-hydrogen) atoms. The number of carbonyl (C=O) groups excluding carboxylic acids is 3. The van der Waals surface area contributed by atoms with Crippen molar-refractivity contribution in [3.63, 3.8) is 0 Å². The minimum absolute atomic E-state index is 0.399. The van der Waals surface area contributed by atoms with Crippen LogP contribution in [-0.4, -0.2) is 37.7 Å². The highest BCUT2D eigenvalue weighted by Gasteiger charge is 2.15. The third-order valence-corrected chi connectivity index (χ3v) is 4.31. The molecule has 2 aromatic rings. The average molecular weight is 376 g/mol. The predicted octanol–water partition coefficient (Wildman–Crippen LogP) is 2.33. The Morgan fingerprint density at radius 1 is 1.12 bits per heavy atom. The lowest BCUT2D eigenvalue weighted by atomic mass is 10.2. The largest absolute Gasteiger partial charge is 0.486 e. The highest BCUT2D eigenvalue weighted by Crippen LogP contribution is 2.32. The van der Waals surface area contributed by atoms with Crippen molar-refractivity contribution in [3.05, 3.63) is 40.1 Å². The highest BCUT2D eigenvalue weighted by molar-refractivity contribution is 7.13. The monoisotopic (exact) mass is 376 g/mol. The number of urea groups is 1. The summed E-state index contributed by atoms with van der Waals surface area (Å²) < 4.78 is 15.7. The third kappa shape index (κ3) is 4.51. The maximum atomic E-state index is 11.9. The molecule has 3 amide bonds. The molecule has 0 radical (unpaired) electrons. The second kappa shape index (κ2) is 7.87. The summed E-state index contributed by atoms with van der Waals surface area (Å²) in [5.74, 6) is -0.235.